The van der Waals surface area contributed by atoms with Gasteiger partial charge in [0.15, 0.2) is 11.5 Å². The number of benzene rings is 2. The first-order valence-electron chi connectivity index (χ1n) is 15.9. The van der Waals surface area contributed by atoms with E-state index in [0.717, 1.165) is 51.7 Å². The zero-order chi connectivity index (χ0) is 34.1. The summed E-state index contributed by atoms with van der Waals surface area (Å²) in [5, 5.41) is 15.4. The zero-order valence-corrected chi connectivity index (χ0v) is 29.2. The minimum Gasteiger partial charge on any atom is -0.493 e. The number of carboxylic acid groups (broad SMARTS) is 1. The molecule has 0 unspecified atom stereocenters. The minimum atomic E-state index is -0.759. The number of methoxy groups -OCH3 is 1. The maximum atomic E-state index is 12.6. The van der Waals surface area contributed by atoms with E-state index in [2.05, 4.69) is 34.7 Å². The normalized spacial score (nSPS) is 12.1. The van der Waals surface area contributed by atoms with Crippen LogP contribution in [0.4, 0.5) is 10.6 Å². The number of hydrogen-bond donors (Lipinski definition) is 2. The van der Waals surface area contributed by atoms with Crippen LogP contribution in [0.25, 0.3) is 22.0 Å². The van der Waals surface area contributed by atoms with Crippen molar-refractivity contribution in [2.45, 2.75) is 84.9 Å². The number of anilines is 1. The molecule has 0 aliphatic carbocycles. The van der Waals surface area contributed by atoms with Gasteiger partial charge in [0.05, 0.1) is 25.3 Å². The molecule has 1 amide bonds. The van der Waals surface area contributed by atoms with Crippen molar-refractivity contribution in [2.24, 2.45) is 0 Å². The van der Waals surface area contributed by atoms with Crippen LogP contribution in [0.3, 0.4) is 0 Å². The number of thiophene rings is 1. The lowest BCUT2D eigenvalue weighted by Crippen LogP contribution is -2.33. The van der Waals surface area contributed by atoms with Gasteiger partial charge in [0.1, 0.15) is 17.2 Å². The Kier molecular flexibility index (Phi) is 12.0. The molecule has 0 radical (unpaired) electrons. The molecule has 1 atom stereocenters. The van der Waals surface area contributed by atoms with E-state index in [-0.39, 0.29) is 18.6 Å². The quantitative estimate of drug-likeness (QED) is 0.120. The van der Waals surface area contributed by atoms with Gasteiger partial charge in [-0.1, -0.05) is 37.1 Å². The number of fused-ring (bicyclic) bond motifs is 1. The van der Waals surface area contributed by atoms with E-state index >= 15 is 0 Å². The fourth-order valence-corrected chi connectivity index (χ4v) is 6.06. The van der Waals surface area contributed by atoms with Crippen LogP contribution in [0.15, 0.2) is 47.8 Å². The maximum absolute atomic E-state index is 12.6. The molecule has 2 aromatic heterocycles. The van der Waals surface area contributed by atoms with E-state index in [9.17, 15) is 9.59 Å². The maximum Gasteiger partial charge on any atom is 0.410 e. The average Bonchev–Trinajstić information content (AvgIpc) is 3.50. The summed E-state index contributed by atoms with van der Waals surface area (Å²) in [5.41, 5.74) is 3.38. The molecule has 2 aromatic carbocycles. The highest BCUT2D eigenvalue weighted by molar-refractivity contribution is 7.10. The van der Waals surface area contributed by atoms with Gasteiger partial charge in [-0.2, -0.15) is 0 Å². The van der Waals surface area contributed by atoms with E-state index in [1.54, 1.807) is 30.4 Å². The number of unbranched alkanes of at least 4 members (excludes halogenated alkanes) is 3. The van der Waals surface area contributed by atoms with Crippen LogP contribution < -0.4 is 14.8 Å². The third kappa shape index (κ3) is 10.1. The molecule has 0 aliphatic rings. The zero-order valence-electron chi connectivity index (χ0n) is 28.4. The summed E-state index contributed by atoms with van der Waals surface area (Å²) in [6.45, 7) is 10.5. The molecule has 4 aromatic rings. The Morgan fingerprint density at radius 2 is 1.79 bits per heavy atom. The lowest BCUT2D eigenvalue weighted by Gasteiger charge is -2.25. The molecule has 0 aliphatic heterocycles. The number of amides is 1. The first-order valence-corrected chi connectivity index (χ1v) is 16.8. The van der Waals surface area contributed by atoms with Crippen LogP contribution >= 0.6 is 11.3 Å². The van der Waals surface area contributed by atoms with E-state index < -0.39 is 11.6 Å². The summed E-state index contributed by atoms with van der Waals surface area (Å²) in [7, 11) is 3.36. The lowest BCUT2D eigenvalue weighted by molar-refractivity contribution is -0.137. The van der Waals surface area contributed by atoms with Gasteiger partial charge in [-0.05, 0) is 81.7 Å². The van der Waals surface area contributed by atoms with Gasteiger partial charge >= 0.3 is 12.1 Å². The molecule has 252 valence electrons. The predicted octanol–water partition coefficient (Wildman–Crippen LogP) is 8.63. The van der Waals surface area contributed by atoms with E-state index in [0.29, 0.717) is 42.7 Å². The fraction of sp³-hybridized carbons (Fsp3) is 0.444. The number of nitrogens with zero attached hydrogens (tertiary/aromatic N) is 3. The largest absolute Gasteiger partial charge is 0.493 e. The highest BCUT2D eigenvalue weighted by Gasteiger charge is 2.21. The van der Waals surface area contributed by atoms with Gasteiger partial charge in [-0.25, -0.2) is 14.8 Å². The summed E-state index contributed by atoms with van der Waals surface area (Å²) in [6.07, 6.45) is 3.09. The van der Waals surface area contributed by atoms with Crippen molar-refractivity contribution >= 4 is 40.1 Å². The molecule has 4 rings (SSSR count). The molecule has 0 bridgehead atoms. The third-order valence-corrected chi connectivity index (χ3v) is 8.59. The number of aliphatic carboxylic acids is 1. The van der Waals surface area contributed by atoms with Gasteiger partial charge in [0.25, 0.3) is 0 Å². The molecule has 47 heavy (non-hydrogen) atoms. The average molecular weight is 663 g/mol. The Bertz CT molecular complexity index is 1680. The number of ether oxygens (including phenoxy) is 3. The molecule has 0 fully saturated rings. The van der Waals surface area contributed by atoms with Crippen LogP contribution in [0.1, 0.15) is 82.1 Å². The van der Waals surface area contributed by atoms with Crippen molar-refractivity contribution in [3.8, 4) is 22.6 Å². The second-order valence-electron chi connectivity index (χ2n) is 12.6. The number of nitrogens with one attached hydrogen (secondary N) is 1. The first kappa shape index (κ1) is 35.5. The molecular formula is C36H46N4O6S. The Labute approximate surface area is 281 Å². The third-order valence-electron chi connectivity index (χ3n) is 7.48. The number of carboxylic acids is 1. The van der Waals surface area contributed by atoms with Gasteiger partial charge in [-0.15, -0.1) is 11.3 Å². The molecule has 0 saturated carbocycles. The highest BCUT2D eigenvalue weighted by Crippen LogP contribution is 2.37. The highest BCUT2D eigenvalue weighted by atomic mass is 32.1. The number of hydrogen-bond acceptors (Lipinski definition) is 9. The minimum absolute atomic E-state index is 0.0501. The van der Waals surface area contributed by atoms with Crippen molar-refractivity contribution in [2.75, 3.05) is 26.1 Å². The van der Waals surface area contributed by atoms with Crippen LogP contribution in [0.5, 0.6) is 11.5 Å². The Hall–Kier alpha value is -4.38. The van der Waals surface area contributed by atoms with Crippen molar-refractivity contribution < 1.29 is 28.9 Å². The van der Waals surface area contributed by atoms with Crippen molar-refractivity contribution in [3.63, 3.8) is 0 Å². The van der Waals surface area contributed by atoms with Crippen molar-refractivity contribution in [3.05, 3.63) is 64.1 Å². The Morgan fingerprint density at radius 1 is 1.04 bits per heavy atom. The second-order valence-corrected chi connectivity index (χ2v) is 13.6. The Morgan fingerprint density at radius 3 is 2.51 bits per heavy atom. The summed E-state index contributed by atoms with van der Waals surface area (Å²) in [4.78, 5) is 35.5. The number of carbonyl (C=O) groups is 2. The number of aromatic nitrogens is 2. The number of aryl methyl sites for hydroxylation is 1. The first-order chi connectivity index (χ1) is 22.3. The van der Waals surface area contributed by atoms with Crippen LogP contribution in [0, 0.1) is 6.92 Å². The molecule has 2 heterocycles. The van der Waals surface area contributed by atoms with E-state index in [1.807, 2.05) is 58.0 Å². The second kappa shape index (κ2) is 15.9. The molecule has 0 spiro atoms. The molecule has 11 heteroatoms. The Balaban J connectivity index is 1.48. The monoisotopic (exact) mass is 662 g/mol. The molecule has 0 saturated heterocycles. The van der Waals surface area contributed by atoms with E-state index in [4.69, 9.17) is 24.3 Å². The fourth-order valence-electron chi connectivity index (χ4n) is 5.15. The summed E-state index contributed by atoms with van der Waals surface area (Å²) in [5.74, 6) is 1.79. The number of carbonyl (C=O) groups excluding carboxylic acids is 1. The van der Waals surface area contributed by atoms with Crippen LogP contribution in [-0.2, 0) is 16.1 Å². The van der Waals surface area contributed by atoms with Gasteiger partial charge in [0, 0.05) is 36.3 Å². The van der Waals surface area contributed by atoms with Crippen LogP contribution in [0.2, 0.25) is 0 Å². The van der Waals surface area contributed by atoms with Gasteiger partial charge in [0.2, 0.25) is 0 Å². The van der Waals surface area contributed by atoms with Crippen LogP contribution in [-0.4, -0.2) is 58.4 Å². The SMILES string of the molecule is COc1cc2c(N[C@H](C)c3cc(-c4ccccc4CN(C)C(=O)OC(C)(C)C)cs3)nc(C)nc2cc1OCCCCCCC(=O)O. The summed E-state index contributed by atoms with van der Waals surface area (Å²) < 4.78 is 17.3. The molecule has 10 nitrogen and oxygen atoms in total. The summed E-state index contributed by atoms with van der Waals surface area (Å²) in [6, 6.07) is 14.0. The molecule has 2 N–H and O–H groups in total. The van der Waals surface area contributed by atoms with Crippen molar-refractivity contribution in [1.82, 2.24) is 14.9 Å². The van der Waals surface area contributed by atoms with Gasteiger partial charge < -0.3 is 29.5 Å². The lowest BCUT2D eigenvalue weighted by atomic mass is 10.0. The standard InChI is InChI=1S/C36H46N4O6S/c1-23(32-18-26(22-47-32)27-15-12-11-14-25(27)21-40(6)35(43)46-36(3,4)5)37-34-28-19-30(44-7)31(20-29(28)38-24(2)39-34)45-17-13-9-8-10-16-33(41)42/h11-12,14-15,18-20,22-23H,8-10,13,16-17,21H2,1-7H3,(H,41,42)(H,37,38,39)/t23-/m1/s1. The van der Waals surface area contributed by atoms with Crippen molar-refractivity contribution in [1.29, 1.82) is 0 Å². The number of rotatable bonds is 15. The van der Waals surface area contributed by atoms with E-state index in [1.165, 1.54) is 0 Å². The molecular weight excluding hydrogens is 616 g/mol. The summed E-state index contributed by atoms with van der Waals surface area (Å²) >= 11 is 1.67. The topological polar surface area (TPSA) is 123 Å². The van der Waals surface area contributed by atoms with Gasteiger partial charge in [-0.3, -0.25) is 4.79 Å². The smallest absolute Gasteiger partial charge is 0.410 e. The predicted molar refractivity (Wildman–Crippen MR) is 187 cm³/mol.